The molecule has 0 atom stereocenters. The highest BCUT2D eigenvalue weighted by Gasteiger charge is 2.22. The molecule has 18 heavy (non-hydrogen) atoms. The lowest BCUT2D eigenvalue weighted by atomic mass is 10.2. The monoisotopic (exact) mass is 257 g/mol. The Hall–Kier alpha value is -2.02. The molecule has 98 valence electrons. The molecule has 0 aliphatic rings. The minimum Gasteiger partial charge on any atom is -0.459 e. The summed E-state index contributed by atoms with van der Waals surface area (Å²) < 4.78 is 22.6. The van der Waals surface area contributed by atoms with E-state index < -0.39 is 28.0 Å². The quantitative estimate of drug-likeness (QED) is 0.336. The van der Waals surface area contributed by atoms with E-state index in [4.69, 9.17) is 9.47 Å². The van der Waals surface area contributed by atoms with Gasteiger partial charge in [-0.05, 0) is 19.1 Å². The van der Waals surface area contributed by atoms with E-state index in [1.807, 2.05) is 0 Å². The number of rotatable bonds is 6. The van der Waals surface area contributed by atoms with Crippen molar-refractivity contribution in [2.45, 2.75) is 6.92 Å². The Morgan fingerprint density at radius 2 is 2.17 bits per heavy atom. The van der Waals surface area contributed by atoms with Crippen molar-refractivity contribution in [1.29, 1.82) is 0 Å². The molecule has 1 aromatic carbocycles. The third-order valence-corrected chi connectivity index (χ3v) is 2.04. The minimum atomic E-state index is -0.944. The molecule has 0 aromatic heterocycles. The van der Waals surface area contributed by atoms with Crippen LogP contribution >= 0.6 is 0 Å². The van der Waals surface area contributed by atoms with E-state index in [0.29, 0.717) is 6.61 Å². The molecule has 0 N–H and O–H groups in total. The Labute approximate surface area is 102 Å². The van der Waals surface area contributed by atoms with Crippen LogP contribution < -0.4 is 0 Å². The number of nitrogens with zero attached hydrogens (tertiary/aromatic N) is 1. The van der Waals surface area contributed by atoms with Gasteiger partial charge in [-0.2, -0.15) is 0 Å². The highest BCUT2D eigenvalue weighted by molar-refractivity contribution is 5.93. The summed E-state index contributed by atoms with van der Waals surface area (Å²) >= 11 is 0. The van der Waals surface area contributed by atoms with E-state index in [1.54, 1.807) is 6.92 Å². The van der Waals surface area contributed by atoms with Crippen LogP contribution in [-0.2, 0) is 9.47 Å². The van der Waals surface area contributed by atoms with Crippen molar-refractivity contribution in [3.8, 4) is 0 Å². The number of carbonyl (C=O) groups excluding carboxylic acids is 1. The topological polar surface area (TPSA) is 78.7 Å². The van der Waals surface area contributed by atoms with Gasteiger partial charge in [0, 0.05) is 12.7 Å². The molecule has 0 amide bonds. The zero-order valence-corrected chi connectivity index (χ0v) is 9.72. The predicted molar refractivity (Wildman–Crippen MR) is 59.8 cm³/mol. The van der Waals surface area contributed by atoms with Gasteiger partial charge >= 0.3 is 5.97 Å². The molecule has 7 heteroatoms. The molecule has 0 aliphatic carbocycles. The van der Waals surface area contributed by atoms with Gasteiger partial charge in [-0.25, -0.2) is 9.18 Å². The van der Waals surface area contributed by atoms with E-state index in [2.05, 4.69) is 0 Å². The van der Waals surface area contributed by atoms with Gasteiger partial charge in [0.25, 0.3) is 5.69 Å². The number of hydrogen-bond donors (Lipinski definition) is 0. The SMILES string of the molecule is CCOCCOC(=O)c1cc(F)ccc1[N+](=O)[O-]. The summed E-state index contributed by atoms with van der Waals surface area (Å²) in [7, 11) is 0. The maximum Gasteiger partial charge on any atom is 0.345 e. The van der Waals surface area contributed by atoms with Crippen molar-refractivity contribution in [3.05, 3.63) is 39.7 Å². The van der Waals surface area contributed by atoms with E-state index >= 15 is 0 Å². The number of halogens is 1. The first-order valence-electron chi connectivity index (χ1n) is 5.25. The number of carbonyl (C=O) groups is 1. The second-order valence-corrected chi connectivity index (χ2v) is 3.25. The Morgan fingerprint density at radius 1 is 1.44 bits per heavy atom. The van der Waals surface area contributed by atoms with Gasteiger partial charge in [-0.15, -0.1) is 0 Å². The minimum absolute atomic E-state index is 0.0413. The molecular weight excluding hydrogens is 245 g/mol. The zero-order chi connectivity index (χ0) is 13.5. The Morgan fingerprint density at radius 3 is 2.78 bits per heavy atom. The van der Waals surface area contributed by atoms with Crippen molar-refractivity contribution in [2.75, 3.05) is 19.8 Å². The highest BCUT2D eigenvalue weighted by atomic mass is 19.1. The van der Waals surface area contributed by atoms with Gasteiger partial charge in [0.05, 0.1) is 11.5 Å². The second kappa shape index (κ2) is 6.65. The largest absolute Gasteiger partial charge is 0.459 e. The van der Waals surface area contributed by atoms with Crippen LogP contribution in [0, 0.1) is 15.9 Å². The summed E-state index contributed by atoms with van der Waals surface area (Å²) in [5, 5.41) is 10.7. The normalized spacial score (nSPS) is 10.1. The summed E-state index contributed by atoms with van der Waals surface area (Å²) in [5.41, 5.74) is -0.894. The molecule has 0 saturated heterocycles. The van der Waals surface area contributed by atoms with Crippen LogP contribution in [0.2, 0.25) is 0 Å². The first-order chi connectivity index (χ1) is 8.56. The number of benzene rings is 1. The standard InChI is InChI=1S/C11H12FNO5/c1-2-17-5-6-18-11(14)9-7-8(12)3-4-10(9)13(15)16/h3-4,7H,2,5-6H2,1H3. The summed E-state index contributed by atoms with van der Waals surface area (Å²) in [6.45, 7) is 2.39. The fourth-order valence-electron chi connectivity index (χ4n) is 1.25. The molecule has 0 bridgehead atoms. The Balaban J connectivity index is 2.77. The number of esters is 1. The molecule has 0 fully saturated rings. The maximum absolute atomic E-state index is 13.0. The van der Waals surface area contributed by atoms with Crippen molar-refractivity contribution in [2.24, 2.45) is 0 Å². The first-order valence-corrected chi connectivity index (χ1v) is 5.25. The lowest BCUT2D eigenvalue weighted by Crippen LogP contribution is -2.12. The summed E-state index contributed by atoms with van der Waals surface area (Å²) in [6, 6.07) is 2.62. The van der Waals surface area contributed by atoms with Crippen LogP contribution in [0.4, 0.5) is 10.1 Å². The van der Waals surface area contributed by atoms with E-state index in [0.717, 1.165) is 18.2 Å². The van der Waals surface area contributed by atoms with Crippen LogP contribution in [-0.4, -0.2) is 30.7 Å². The fraction of sp³-hybridized carbons (Fsp3) is 0.364. The third kappa shape index (κ3) is 3.77. The second-order valence-electron chi connectivity index (χ2n) is 3.25. The van der Waals surface area contributed by atoms with E-state index in [1.165, 1.54) is 0 Å². The van der Waals surface area contributed by atoms with Gasteiger partial charge in [-0.3, -0.25) is 10.1 Å². The van der Waals surface area contributed by atoms with Gasteiger partial charge in [0.1, 0.15) is 18.0 Å². The average molecular weight is 257 g/mol. The molecule has 0 spiro atoms. The predicted octanol–water partition coefficient (Wildman–Crippen LogP) is 1.93. The van der Waals surface area contributed by atoms with Gasteiger partial charge in [-0.1, -0.05) is 0 Å². The lowest BCUT2D eigenvalue weighted by molar-refractivity contribution is -0.385. The van der Waals surface area contributed by atoms with Crippen LogP contribution in [0.25, 0.3) is 0 Å². The molecule has 0 aliphatic heterocycles. The highest BCUT2D eigenvalue weighted by Crippen LogP contribution is 2.20. The first kappa shape index (κ1) is 14.0. The molecule has 0 unspecified atom stereocenters. The number of ether oxygens (including phenoxy) is 2. The van der Waals surface area contributed by atoms with Crippen molar-refractivity contribution in [3.63, 3.8) is 0 Å². The van der Waals surface area contributed by atoms with Gasteiger partial charge in [0.15, 0.2) is 0 Å². The van der Waals surface area contributed by atoms with E-state index in [9.17, 15) is 19.3 Å². The van der Waals surface area contributed by atoms with Crippen LogP contribution in [0.5, 0.6) is 0 Å². The van der Waals surface area contributed by atoms with Crippen LogP contribution in [0.1, 0.15) is 17.3 Å². The maximum atomic E-state index is 13.0. The van der Waals surface area contributed by atoms with E-state index in [-0.39, 0.29) is 13.2 Å². The molecule has 0 heterocycles. The van der Waals surface area contributed by atoms with Gasteiger partial charge in [0.2, 0.25) is 0 Å². The molecule has 1 rings (SSSR count). The molecular formula is C11H12FNO5. The summed E-state index contributed by atoms with van der Waals surface area (Å²) in [5.74, 6) is -1.68. The van der Waals surface area contributed by atoms with Crippen molar-refractivity contribution < 1.29 is 23.6 Å². The molecule has 1 aromatic rings. The smallest absolute Gasteiger partial charge is 0.345 e. The van der Waals surface area contributed by atoms with Crippen LogP contribution in [0.3, 0.4) is 0 Å². The van der Waals surface area contributed by atoms with Gasteiger partial charge < -0.3 is 9.47 Å². The van der Waals surface area contributed by atoms with Crippen molar-refractivity contribution >= 4 is 11.7 Å². The fourth-order valence-corrected chi connectivity index (χ4v) is 1.25. The number of nitro benzene ring substituents is 1. The molecule has 0 radical (unpaired) electrons. The third-order valence-electron chi connectivity index (χ3n) is 2.04. The zero-order valence-electron chi connectivity index (χ0n) is 9.72. The number of nitro groups is 1. The van der Waals surface area contributed by atoms with Crippen LogP contribution in [0.15, 0.2) is 18.2 Å². The number of hydrogen-bond acceptors (Lipinski definition) is 5. The Bertz CT molecular complexity index is 449. The van der Waals surface area contributed by atoms with Crippen molar-refractivity contribution in [1.82, 2.24) is 0 Å². The Kier molecular flexibility index (Phi) is 5.19. The molecule has 0 saturated carbocycles. The lowest BCUT2D eigenvalue weighted by Gasteiger charge is -2.05. The average Bonchev–Trinajstić information content (AvgIpc) is 2.34. The summed E-state index contributed by atoms with van der Waals surface area (Å²) in [4.78, 5) is 21.4. The molecule has 6 nitrogen and oxygen atoms in total. The summed E-state index contributed by atoms with van der Waals surface area (Å²) in [6.07, 6.45) is 0.